The van der Waals surface area contributed by atoms with Crippen molar-refractivity contribution in [2.24, 2.45) is 0 Å². The zero-order valence-electron chi connectivity index (χ0n) is 10.6. The second kappa shape index (κ2) is 6.20. The van der Waals surface area contributed by atoms with Gasteiger partial charge in [-0.1, -0.05) is 23.2 Å². The van der Waals surface area contributed by atoms with Crippen LogP contribution in [0, 0.1) is 5.82 Å². The molecule has 0 heterocycles. The molecule has 0 saturated carbocycles. The maximum Gasteiger partial charge on any atom is 0.167 e. The van der Waals surface area contributed by atoms with Gasteiger partial charge in [0, 0.05) is 23.2 Å². The van der Waals surface area contributed by atoms with Crippen molar-refractivity contribution in [1.29, 1.82) is 0 Å². The fraction of sp³-hybridized carbons (Fsp3) is 0.143. The topological polar surface area (TPSA) is 44.5 Å². The van der Waals surface area contributed by atoms with Gasteiger partial charge >= 0.3 is 0 Å². The highest BCUT2D eigenvalue weighted by atomic mass is 35.5. The third-order valence-electron chi connectivity index (χ3n) is 2.48. The molecular formula is C14H12Cl2FNO2. The molecule has 0 aliphatic rings. The van der Waals surface area contributed by atoms with Gasteiger partial charge in [-0.2, -0.15) is 0 Å². The fourth-order valence-corrected chi connectivity index (χ4v) is 1.90. The van der Waals surface area contributed by atoms with Gasteiger partial charge in [0.1, 0.15) is 5.75 Å². The first-order valence-corrected chi connectivity index (χ1v) is 6.61. The number of nitrogen functional groups attached to an aromatic ring is 1. The molecule has 2 aromatic rings. The third-order valence-corrected chi connectivity index (χ3v) is 3.02. The van der Waals surface area contributed by atoms with Crippen molar-refractivity contribution in [3.8, 4) is 17.2 Å². The maximum atomic E-state index is 13.6. The molecule has 2 N–H and O–H groups in total. The van der Waals surface area contributed by atoms with Crippen LogP contribution in [0.4, 0.5) is 10.1 Å². The molecule has 0 fully saturated rings. The highest BCUT2D eigenvalue weighted by Crippen LogP contribution is 2.37. The van der Waals surface area contributed by atoms with E-state index in [-0.39, 0.29) is 17.2 Å². The Bertz CT molecular complexity index is 635. The van der Waals surface area contributed by atoms with Gasteiger partial charge in [0.15, 0.2) is 17.3 Å². The maximum absolute atomic E-state index is 13.6. The molecule has 106 valence electrons. The quantitative estimate of drug-likeness (QED) is 0.816. The number of hydrogen-bond acceptors (Lipinski definition) is 3. The van der Waals surface area contributed by atoms with Crippen molar-refractivity contribution in [1.82, 2.24) is 0 Å². The van der Waals surface area contributed by atoms with Gasteiger partial charge in [0.2, 0.25) is 0 Å². The van der Waals surface area contributed by atoms with Crippen LogP contribution in [0.25, 0.3) is 0 Å². The Morgan fingerprint density at radius 2 is 1.85 bits per heavy atom. The number of hydrogen-bond donors (Lipinski definition) is 1. The summed E-state index contributed by atoms with van der Waals surface area (Å²) in [4.78, 5) is 0. The summed E-state index contributed by atoms with van der Waals surface area (Å²) in [6.45, 7) is 2.09. The Labute approximate surface area is 126 Å². The summed E-state index contributed by atoms with van der Waals surface area (Å²) in [5.74, 6) is 0.0997. The van der Waals surface area contributed by atoms with Gasteiger partial charge in [-0.25, -0.2) is 4.39 Å². The molecule has 0 saturated heterocycles. The molecule has 0 aliphatic heterocycles. The minimum absolute atomic E-state index is 0.0647. The molecule has 0 spiro atoms. The molecule has 0 atom stereocenters. The molecule has 6 heteroatoms. The monoisotopic (exact) mass is 315 g/mol. The van der Waals surface area contributed by atoms with E-state index in [9.17, 15) is 4.39 Å². The SMILES string of the molecule is CCOc1cc(Oc2cc(Cl)ccc2Cl)c(N)cc1F. The van der Waals surface area contributed by atoms with Crippen molar-refractivity contribution < 1.29 is 13.9 Å². The van der Waals surface area contributed by atoms with E-state index in [4.69, 9.17) is 38.4 Å². The van der Waals surface area contributed by atoms with Gasteiger partial charge in [0.05, 0.1) is 17.3 Å². The van der Waals surface area contributed by atoms with Crippen LogP contribution in [0.3, 0.4) is 0 Å². The Balaban J connectivity index is 2.37. The summed E-state index contributed by atoms with van der Waals surface area (Å²) in [5, 5.41) is 0.839. The lowest BCUT2D eigenvalue weighted by atomic mass is 10.2. The van der Waals surface area contributed by atoms with Crippen LogP contribution in [-0.4, -0.2) is 6.61 Å². The first-order valence-electron chi connectivity index (χ1n) is 5.86. The first kappa shape index (κ1) is 14.8. The molecule has 20 heavy (non-hydrogen) atoms. The largest absolute Gasteiger partial charge is 0.491 e. The first-order chi connectivity index (χ1) is 9.51. The number of halogens is 3. The van der Waals surface area contributed by atoms with Crippen LogP contribution in [-0.2, 0) is 0 Å². The summed E-state index contributed by atoms with van der Waals surface area (Å²) in [6.07, 6.45) is 0. The highest BCUT2D eigenvalue weighted by molar-refractivity contribution is 6.34. The Morgan fingerprint density at radius 1 is 1.10 bits per heavy atom. The fourth-order valence-electron chi connectivity index (χ4n) is 1.58. The second-order valence-electron chi connectivity index (χ2n) is 3.93. The normalized spacial score (nSPS) is 10.4. The van der Waals surface area contributed by atoms with Gasteiger partial charge in [0.25, 0.3) is 0 Å². The molecule has 0 aromatic heterocycles. The summed E-state index contributed by atoms with van der Waals surface area (Å²) < 4.78 is 24.3. The van der Waals surface area contributed by atoms with Gasteiger partial charge in [-0.3, -0.25) is 0 Å². The smallest absolute Gasteiger partial charge is 0.167 e. The van der Waals surface area contributed by atoms with Crippen molar-refractivity contribution in [3.63, 3.8) is 0 Å². The minimum atomic E-state index is -0.547. The van der Waals surface area contributed by atoms with E-state index < -0.39 is 5.82 Å². The van der Waals surface area contributed by atoms with Crippen molar-refractivity contribution in [2.75, 3.05) is 12.3 Å². The lowest BCUT2D eigenvalue weighted by Gasteiger charge is -2.12. The van der Waals surface area contributed by atoms with E-state index in [2.05, 4.69) is 0 Å². The second-order valence-corrected chi connectivity index (χ2v) is 4.77. The lowest BCUT2D eigenvalue weighted by Crippen LogP contribution is -1.99. The molecule has 0 bridgehead atoms. The highest BCUT2D eigenvalue weighted by Gasteiger charge is 2.12. The van der Waals surface area contributed by atoms with Gasteiger partial charge in [-0.15, -0.1) is 0 Å². The molecule has 0 unspecified atom stereocenters. The standard InChI is InChI=1S/C14H12Cl2FNO2/c1-2-19-13-7-14(11(18)6-10(13)17)20-12-5-8(15)3-4-9(12)16/h3-7H,2,18H2,1H3. The molecule has 0 aliphatic carbocycles. The zero-order valence-corrected chi connectivity index (χ0v) is 12.1. The third kappa shape index (κ3) is 3.26. The number of nitrogens with two attached hydrogens (primary N) is 1. The van der Waals surface area contributed by atoms with Crippen LogP contribution >= 0.6 is 23.2 Å². The van der Waals surface area contributed by atoms with Crippen LogP contribution in [0.1, 0.15) is 6.92 Å². The van der Waals surface area contributed by atoms with Crippen LogP contribution in [0.2, 0.25) is 10.0 Å². The van der Waals surface area contributed by atoms with Crippen LogP contribution in [0.5, 0.6) is 17.2 Å². The Morgan fingerprint density at radius 3 is 2.55 bits per heavy atom. The molecule has 2 aromatic carbocycles. The average molecular weight is 316 g/mol. The Kier molecular flexibility index (Phi) is 4.57. The predicted octanol–water partition coefficient (Wildman–Crippen LogP) is 4.91. The number of anilines is 1. The molecule has 2 rings (SSSR count). The molecule has 0 radical (unpaired) electrons. The zero-order chi connectivity index (χ0) is 14.7. The summed E-state index contributed by atoms with van der Waals surface area (Å²) >= 11 is 11.9. The van der Waals surface area contributed by atoms with Gasteiger partial charge in [-0.05, 0) is 19.1 Å². The van der Waals surface area contributed by atoms with Crippen LogP contribution in [0.15, 0.2) is 30.3 Å². The van der Waals surface area contributed by atoms with E-state index in [1.165, 1.54) is 6.07 Å². The predicted molar refractivity (Wildman–Crippen MR) is 78.5 cm³/mol. The van der Waals surface area contributed by atoms with Crippen molar-refractivity contribution >= 4 is 28.9 Å². The number of rotatable bonds is 4. The van der Waals surface area contributed by atoms with Gasteiger partial charge < -0.3 is 15.2 Å². The Hall–Kier alpha value is -1.65. The number of benzene rings is 2. The van der Waals surface area contributed by atoms with Crippen molar-refractivity contribution in [3.05, 3.63) is 46.2 Å². The summed E-state index contributed by atoms with van der Waals surface area (Å²) in [5.41, 5.74) is 5.87. The van der Waals surface area contributed by atoms with E-state index in [1.54, 1.807) is 25.1 Å². The summed E-state index contributed by atoms with van der Waals surface area (Å²) in [7, 11) is 0. The number of ether oxygens (including phenoxy) is 2. The van der Waals surface area contributed by atoms with E-state index in [0.29, 0.717) is 22.4 Å². The lowest BCUT2D eigenvalue weighted by molar-refractivity contribution is 0.319. The van der Waals surface area contributed by atoms with Crippen molar-refractivity contribution in [2.45, 2.75) is 6.92 Å². The molecular weight excluding hydrogens is 304 g/mol. The van der Waals surface area contributed by atoms with E-state index in [0.717, 1.165) is 6.07 Å². The van der Waals surface area contributed by atoms with Crippen LogP contribution < -0.4 is 15.2 Å². The molecule has 3 nitrogen and oxygen atoms in total. The average Bonchev–Trinajstić information content (AvgIpc) is 2.39. The van der Waals surface area contributed by atoms with E-state index in [1.807, 2.05) is 0 Å². The molecule has 0 amide bonds. The minimum Gasteiger partial charge on any atom is -0.491 e. The summed E-state index contributed by atoms with van der Waals surface area (Å²) in [6, 6.07) is 7.30. The van der Waals surface area contributed by atoms with E-state index >= 15 is 0 Å².